The first-order valence-electron chi connectivity index (χ1n) is 10.1. The molecule has 2 aromatic carbocycles. The monoisotopic (exact) mass is 462 g/mol. The van der Waals surface area contributed by atoms with Crippen molar-refractivity contribution in [3.8, 4) is 0 Å². The lowest BCUT2D eigenvalue weighted by atomic mass is 9.90. The van der Waals surface area contributed by atoms with Crippen LogP contribution in [0, 0.1) is 5.92 Å². The van der Waals surface area contributed by atoms with E-state index in [4.69, 9.17) is 27.9 Å². The van der Waals surface area contributed by atoms with Gasteiger partial charge in [0.05, 0.1) is 10.6 Å². The molecule has 3 rings (SSSR count). The number of halogens is 2. The minimum atomic E-state index is -0.689. The lowest BCUT2D eigenvalue weighted by Gasteiger charge is -2.32. The van der Waals surface area contributed by atoms with Crippen LogP contribution < -0.4 is 5.32 Å². The summed E-state index contributed by atoms with van der Waals surface area (Å²) in [4.78, 5) is 38.1. The molecule has 1 N–H and O–H groups in total. The minimum Gasteiger partial charge on any atom is -0.454 e. The highest BCUT2D eigenvalue weighted by molar-refractivity contribution is 6.36. The zero-order chi connectivity index (χ0) is 22.2. The number of piperidine rings is 1. The zero-order valence-corrected chi connectivity index (χ0v) is 18.5. The van der Waals surface area contributed by atoms with E-state index in [9.17, 15) is 14.4 Å². The highest BCUT2D eigenvalue weighted by Crippen LogP contribution is 2.22. The van der Waals surface area contributed by atoms with Gasteiger partial charge < -0.3 is 15.0 Å². The quantitative estimate of drug-likeness (QED) is 0.635. The predicted octanol–water partition coefficient (Wildman–Crippen LogP) is 3.75. The molecular formula is C23H24Cl2N2O4. The summed E-state index contributed by atoms with van der Waals surface area (Å²) < 4.78 is 5.02. The molecular weight excluding hydrogens is 439 g/mol. The number of hydrogen-bond acceptors (Lipinski definition) is 4. The Hall–Kier alpha value is -2.57. The van der Waals surface area contributed by atoms with Crippen LogP contribution in [0.2, 0.25) is 10.0 Å². The van der Waals surface area contributed by atoms with Crippen molar-refractivity contribution in [2.45, 2.75) is 19.3 Å². The van der Waals surface area contributed by atoms with E-state index >= 15 is 0 Å². The normalized spacial score (nSPS) is 14.2. The van der Waals surface area contributed by atoms with E-state index in [2.05, 4.69) is 17.4 Å². The Labute approximate surface area is 191 Å². The Kier molecular flexibility index (Phi) is 8.32. The fourth-order valence-corrected chi connectivity index (χ4v) is 4.03. The molecule has 0 saturated carbocycles. The smallest absolute Gasteiger partial charge is 0.325 e. The summed E-state index contributed by atoms with van der Waals surface area (Å²) in [5, 5.41) is 3.02. The van der Waals surface area contributed by atoms with Crippen molar-refractivity contribution in [1.29, 1.82) is 0 Å². The molecule has 0 radical (unpaired) electrons. The second kappa shape index (κ2) is 11.2. The van der Waals surface area contributed by atoms with E-state index in [1.807, 2.05) is 18.2 Å². The van der Waals surface area contributed by atoms with E-state index in [0.29, 0.717) is 24.0 Å². The van der Waals surface area contributed by atoms with Gasteiger partial charge in [-0.2, -0.15) is 0 Å². The number of hydrogen-bond donors (Lipinski definition) is 1. The van der Waals surface area contributed by atoms with Gasteiger partial charge in [-0.3, -0.25) is 14.4 Å². The van der Waals surface area contributed by atoms with Gasteiger partial charge in [0.15, 0.2) is 6.61 Å². The van der Waals surface area contributed by atoms with Crippen molar-refractivity contribution in [2.24, 2.45) is 5.92 Å². The third kappa shape index (κ3) is 6.97. The average Bonchev–Trinajstić information content (AvgIpc) is 2.77. The molecule has 1 saturated heterocycles. The minimum absolute atomic E-state index is 0.184. The molecule has 1 aliphatic heterocycles. The molecule has 2 amide bonds. The summed E-state index contributed by atoms with van der Waals surface area (Å²) in [7, 11) is 0. The second-order valence-electron chi connectivity index (χ2n) is 7.48. The summed E-state index contributed by atoms with van der Waals surface area (Å²) >= 11 is 11.8. The lowest BCUT2D eigenvalue weighted by molar-refractivity contribution is -0.151. The van der Waals surface area contributed by atoms with E-state index in [1.165, 1.54) is 23.8 Å². The van der Waals surface area contributed by atoms with Gasteiger partial charge >= 0.3 is 5.97 Å². The van der Waals surface area contributed by atoms with Crippen LogP contribution in [-0.2, 0) is 20.7 Å². The Morgan fingerprint density at radius 1 is 1.03 bits per heavy atom. The van der Waals surface area contributed by atoms with Crippen molar-refractivity contribution >= 4 is 41.0 Å². The molecule has 8 heteroatoms. The predicted molar refractivity (Wildman–Crippen MR) is 119 cm³/mol. The maximum atomic E-state index is 12.3. The summed E-state index contributed by atoms with van der Waals surface area (Å²) in [6, 6.07) is 14.8. The molecule has 0 spiro atoms. The number of nitrogens with one attached hydrogen (secondary N) is 1. The van der Waals surface area contributed by atoms with E-state index in [-0.39, 0.29) is 29.6 Å². The Morgan fingerprint density at radius 3 is 2.42 bits per heavy atom. The highest BCUT2D eigenvalue weighted by Gasteiger charge is 2.23. The van der Waals surface area contributed by atoms with Crippen LogP contribution >= 0.6 is 23.2 Å². The Bertz CT molecular complexity index is 928. The summed E-state index contributed by atoms with van der Waals surface area (Å²) in [5.74, 6) is -0.890. The third-order valence-electron chi connectivity index (χ3n) is 5.26. The Morgan fingerprint density at radius 2 is 1.74 bits per heavy atom. The number of benzene rings is 2. The first-order chi connectivity index (χ1) is 14.9. The van der Waals surface area contributed by atoms with Crippen molar-refractivity contribution in [1.82, 2.24) is 10.2 Å². The van der Waals surface area contributed by atoms with Gasteiger partial charge in [0.2, 0.25) is 0 Å². The molecule has 2 aromatic rings. The molecule has 0 aliphatic carbocycles. The summed E-state index contributed by atoms with van der Waals surface area (Å²) in [6.07, 6.45) is 2.86. The molecule has 0 unspecified atom stereocenters. The van der Waals surface area contributed by atoms with Crippen LogP contribution in [0.15, 0.2) is 48.5 Å². The number of carbonyl (C=O) groups is 3. The van der Waals surface area contributed by atoms with Crippen LogP contribution in [0.4, 0.5) is 0 Å². The van der Waals surface area contributed by atoms with Crippen LogP contribution in [0.1, 0.15) is 28.8 Å². The molecule has 0 aromatic heterocycles. The van der Waals surface area contributed by atoms with Crippen LogP contribution in [-0.4, -0.2) is 48.9 Å². The lowest BCUT2D eigenvalue weighted by Crippen LogP contribution is -2.41. The van der Waals surface area contributed by atoms with Gasteiger partial charge in [-0.15, -0.1) is 0 Å². The molecule has 164 valence electrons. The standard InChI is InChI=1S/C23H24Cl2N2O4/c24-18-6-7-19(20(25)13-18)23(30)26-14-22(29)31-15-21(28)27-10-8-17(9-11-27)12-16-4-2-1-3-5-16/h1-7,13,17H,8-12,14-15H2,(H,26,30). The molecule has 6 nitrogen and oxygen atoms in total. The molecule has 0 atom stereocenters. The van der Waals surface area contributed by atoms with Crippen molar-refractivity contribution < 1.29 is 19.1 Å². The number of ether oxygens (including phenoxy) is 1. The molecule has 31 heavy (non-hydrogen) atoms. The van der Waals surface area contributed by atoms with Gasteiger partial charge in [-0.05, 0) is 48.9 Å². The Balaban J connectivity index is 1.35. The van der Waals surface area contributed by atoms with Gasteiger partial charge in [0.1, 0.15) is 6.54 Å². The van der Waals surface area contributed by atoms with Crippen LogP contribution in [0.3, 0.4) is 0 Å². The highest BCUT2D eigenvalue weighted by atomic mass is 35.5. The van der Waals surface area contributed by atoms with E-state index in [0.717, 1.165) is 19.3 Å². The number of carbonyl (C=O) groups excluding carboxylic acids is 3. The van der Waals surface area contributed by atoms with Crippen LogP contribution in [0.25, 0.3) is 0 Å². The first kappa shape index (κ1) is 23.1. The maximum absolute atomic E-state index is 12.3. The van der Waals surface area contributed by atoms with Crippen molar-refractivity contribution in [3.63, 3.8) is 0 Å². The van der Waals surface area contributed by atoms with Gasteiger partial charge in [-0.1, -0.05) is 53.5 Å². The summed E-state index contributed by atoms with van der Waals surface area (Å²) in [5.41, 5.74) is 1.51. The number of amides is 2. The SMILES string of the molecule is O=C(CNC(=O)c1ccc(Cl)cc1Cl)OCC(=O)N1CCC(Cc2ccccc2)CC1. The topological polar surface area (TPSA) is 75.7 Å². The summed E-state index contributed by atoms with van der Waals surface area (Å²) in [6.45, 7) is 0.614. The average molecular weight is 463 g/mol. The first-order valence-corrected chi connectivity index (χ1v) is 10.9. The van der Waals surface area contributed by atoms with Gasteiger partial charge in [0.25, 0.3) is 11.8 Å². The van der Waals surface area contributed by atoms with E-state index < -0.39 is 11.9 Å². The fourth-order valence-electron chi connectivity index (χ4n) is 3.54. The van der Waals surface area contributed by atoms with Gasteiger partial charge in [-0.25, -0.2) is 0 Å². The number of esters is 1. The van der Waals surface area contributed by atoms with Crippen LogP contribution in [0.5, 0.6) is 0 Å². The molecule has 0 bridgehead atoms. The maximum Gasteiger partial charge on any atom is 0.325 e. The van der Waals surface area contributed by atoms with Gasteiger partial charge in [0, 0.05) is 18.1 Å². The molecule has 1 heterocycles. The van der Waals surface area contributed by atoms with E-state index in [1.54, 1.807) is 4.90 Å². The second-order valence-corrected chi connectivity index (χ2v) is 8.33. The zero-order valence-electron chi connectivity index (χ0n) is 17.0. The number of likely N-dealkylation sites (tertiary alicyclic amines) is 1. The third-order valence-corrected chi connectivity index (χ3v) is 5.81. The van der Waals surface area contributed by atoms with Crippen molar-refractivity contribution in [3.05, 3.63) is 69.7 Å². The molecule has 1 aliphatic rings. The molecule has 1 fully saturated rings. The number of nitrogens with zero attached hydrogens (tertiary/aromatic N) is 1. The van der Waals surface area contributed by atoms with Crippen molar-refractivity contribution in [2.75, 3.05) is 26.2 Å². The number of rotatable bonds is 7. The fraction of sp³-hybridized carbons (Fsp3) is 0.348. The largest absolute Gasteiger partial charge is 0.454 e.